The molecule has 50 heavy (non-hydrogen) atoms. The van der Waals surface area contributed by atoms with Crippen molar-refractivity contribution in [2.75, 3.05) is 0 Å². The van der Waals surface area contributed by atoms with Gasteiger partial charge in [-0.25, -0.2) is 17.2 Å². The topological polar surface area (TPSA) is 57.2 Å². The molecule has 1 aliphatic rings. The molecule has 0 aliphatic heterocycles. The molecule has 0 bridgehead atoms. The molecule has 4 aromatic rings. The highest BCUT2D eigenvalue weighted by atomic mass is 35.5. The maximum Gasteiger partial charge on any atom is 0.402 e. The normalized spacial score (nSPS) is 14.9. The van der Waals surface area contributed by atoms with Crippen molar-refractivity contribution < 1.29 is 48.1 Å². The van der Waals surface area contributed by atoms with E-state index in [4.69, 9.17) is 11.6 Å². The molecule has 0 fully saturated rings. The monoisotopic (exact) mass is 776 g/mol. The first-order valence-electron chi connectivity index (χ1n) is 14.4. The molecule has 5 rings (SSSR count). The van der Waals surface area contributed by atoms with Crippen LogP contribution in [0.3, 0.4) is 0 Å². The quantitative estimate of drug-likeness (QED) is 0.0966. The highest BCUT2D eigenvalue weighted by Gasteiger charge is 2.72. The number of benzene rings is 4. The van der Waals surface area contributed by atoms with Gasteiger partial charge in [0, 0.05) is 28.2 Å². The van der Waals surface area contributed by atoms with Crippen LogP contribution in [-0.2, 0) is 10.1 Å². The second kappa shape index (κ2) is 15.8. The van der Waals surface area contributed by atoms with E-state index in [0.29, 0.717) is 6.42 Å². The summed E-state index contributed by atoms with van der Waals surface area (Å²) in [6.07, 6.45) is 7.06. The maximum absolute atomic E-state index is 13.6. The van der Waals surface area contributed by atoms with Crippen LogP contribution in [0.4, 0.5) is 35.1 Å². The zero-order valence-corrected chi connectivity index (χ0v) is 29.1. The lowest BCUT2D eigenvalue weighted by molar-refractivity contribution is -0.273. The Morgan fingerprint density at radius 2 is 1.20 bits per heavy atom. The number of hydrogen-bond acceptors (Lipinski definition) is 4. The number of rotatable bonds is 9. The third-order valence-corrected chi connectivity index (χ3v) is 12.3. The average molecular weight is 777 g/mol. The van der Waals surface area contributed by atoms with Gasteiger partial charge in [-0.1, -0.05) is 65.8 Å². The van der Waals surface area contributed by atoms with Crippen molar-refractivity contribution in [3.8, 4) is 0 Å². The summed E-state index contributed by atoms with van der Waals surface area (Å²) < 4.78 is 128. The van der Waals surface area contributed by atoms with Crippen molar-refractivity contribution >= 4 is 63.4 Å². The Labute approximate surface area is 293 Å². The summed E-state index contributed by atoms with van der Waals surface area (Å²) >= 11 is 8.31. The SMILES string of the molecule is CC(F)(F)C(F)(F)C(F)(F)S(=O)(=O)[O-].Fc1ccc([PH+](c2ccc(F)cc2)c2ccc(SC3=C(Cl)CC(=Cc4ccccc4)C=C3)cc2)cc1. The molecular formula is C35H26ClF8O3PS2. The predicted octanol–water partition coefficient (Wildman–Crippen LogP) is 9.46. The molecule has 0 unspecified atom stereocenters. The van der Waals surface area contributed by atoms with Crippen LogP contribution in [0, 0.1) is 11.6 Å². The second-order valence-electron chi connectivity index (χ2n) is 10.9. The van der Waals surface area contributed by atoms with Crippen molar-refractivity contribution in [3.63, 3.8) is 0 Å². The van der Waals surface area contributed by atoms with Crippen molar-refractivity contribution in [2.24, 2.45) is 0 Å². The molecule has 0 heterocycles. The molecule has 0 saturated carbocycles. The van der Waals surface area contributed by atoms with Crippen LogP contribution >= 0.6 is 31.3 Å². The number of alkyl halides is 6. The van der Waals surface area contributed by atoms with Crippen molar-refractivity contribution in [3.05, 3.63) is 148 Å². The molecule has 1 aliphatic carbocycles. The second-order valence-corrected chi connectivity index (χ2v) is 16.3. The third-order valence-electron chi connectivity index (χ3n) is 7.09. The highest BCUT2D eigenvalue weighted by Crippen LogP contribution is 2.47. The Balaban J connectivity index is 0.000000341. The standard InChI is InChI=1S/C31H22ClF2PS.C4H4F6O3S/c32-30-21-23(20-22-4-2-1-3-5-22)6-19-31(30)36-29-17-15-28(16-18-29)35(26-11-7-24(33)8-12-26)27-13-9-25(34)10-14-27;1-2(5,6)3(7,8)4(9,10)14(11,12)13/h1-20H,21H2;1H3,(H,11,12,13). The average Bonchev–Trinajstić information content (AvgIpc) is 3.05. The van der Waals surface area contributed by atoms with E-state index in [1.54, 1.807) is 11.8 Å². The summed E-state index contributed by atoms with van der Waals surface area (Å²) in [4.78, 5) is 2.13. The Morgan fingerprint density at radius 3 is 1.60 bits per heavy atom. The van der Waals surface area contributed by atoms with Gasteiger partial charge in [-0.3, -0.25) is 0 Å². The van der Waals surface area contributed by atoms with Gasteiger partial charge in [0.1, 0.15) is 27.5 Å². The largest absolute Gasteiger partial charge is 0.743 e. The number of allylic oxidation sites excluding steroid dienone is 4. The minimum atomic E-state index is -6.86. The summed E-state index contributed by atoms with van der Waals surface area (Å²) in [5, 5.41) is -2.27. The lowest BCUT2D eigenvalue weighted by Gasteiger charge is -2.31. The van der Waals surface area contributed by atoms with E-state index < -0.39 is 42.1 Å². The van der Waals surface area contributed by atoms with Gasteiger partial charge in [0.15, 0.2) is 10.1 Å². The first kappa shape index (κ1) is 39.3. The molecule has 0 amide bonds. The van der Waals surface area contributed by atoms with Gasteiger partial charge in [-0.15, -0.1) is 0 Å². The third kappa shape index (κ3) is 9.44. The van der Waals surface area contributed by atoms with Crippen LogP contribution in [0.5, 0.6) is 0 Å². The van der Waals surface area contributed by atoms with Crippen molar-refractivity contribution in [1.82, 2.24) is 0 Å². The minimum absolute atomic E-state index is 0.265. The van der Waals surface area contributed by atoms with Crippen LogP contribution < -0.4 is 15.9 Å². The molecule has 0 radical (unpaired) electrons. The molecule has 264 valence electrons. The van der Waals surface area contributed by atoms with Crippen molar-refractivity contribution in [1.29, 1.82) is 0 Å². The Morgan fingerprint density at radius 1 is 0.740 bits per heavy atom. The fourth-order valence-electron chi connectivity index (χ4n) is 4.51. The van der Waals surface area contributed by atoms with Gasteiger partial charge in [0.05, 0.1) is 7.92 Å². The fourth-order valence-corrected chi connectivity index (χ4v) is 8.68. The molecule has 0 aromatic heterocycles. The van der Waals surface area contributed by atoms with Gasteiger partial charge in [0.25, 0.3) is 0 Å². The van der Waals surface area contributed by atoms with Gasteiger partial charge in [0.2, 0.25) is 0 Å². The molecule has 15 heteroatoms. The summed E-state index contributed by atoms with van der Waals surface area (Å²) in [5.74, 6) is -12.1. The van der Waals surface area contributed by atoms with Gasteiger partial charge < -0.3 is 4.55 Å². The summed E-state index contributed by atoms with van der Waals surface area (Å²) in [5.41, 5.74) is 2.34. The van der Waals surface area contributed by atoms with Crippen LogP contribution in [-0.4, -0.2) is 30.1 Å². The molecular weight excluding hydrogens is 751 g/mol. The van der Waals surface area contributed by atoms with Crippen LogP contribution in [0.1, 0.15) is 18.9 Å². The first-order chi connectivity index (χ1) is 23.3. The minimum Gasteiger partial charge on any atom is -0.743 e. The first-order valence-corrected chi connectivity index (χ1v) is 18.5. The van der Waals surface area contributed by atoms with Gasteiger partial charge in [-0.05, 0) is 90.0 Å². The Kier molecular flexibility index (Phi) is 12.4. The Bertz CT molecular complexity index is 1940. The molecule has 4 aromatic carbocycles. The zero-order valence-electron chi connectivity index (χ0n) is 25.7. The molecule has 0 atom stereocenters. The van der Waals surface area contributed by atoms with Crippen LogP contribution in [0.15, 0.2) is 136 Å². The van der Waals surface area contributed by atoms with Crippen molar-refractivity contribution in [2.45, 2.75) is 35.3 Å². The lowest BCUT2D eigenvalue weighted by Crippen LogP contribution is -2.56. The zero-order chi connectivity index (χ0) is 36.9. The Hall–Kier alpha value is -3.48. The molecule has 0 N–H and O–H groups in total. The number of halogens is 9. The van der Waals surface area contributed by atoms with E-state index in [1.165, 1.54) is 29.8 Å². The fraction of sp³-hybridized carbons (Fsp3) is 0.143. The predicted molar refractivity (Wildman–Crippen MR) is 184 cm³/mol. The van der Waals surface area contributed by atoms with E-state index >= 15 is 0 Å². The van der Waals surface area contributed by atoms with Gasteiger partial charge >= 0.3 is 17.1 Å². The van der Waals surface area contributed by atoms with Gasteiger partial charge in [-0.2, -0.15) is 26.3 Å². The van der Waals surface area contributed by atoms with Crippen LogP contribution in [0.2, 0.25) is 0 Å². The summed E-state index contributed by atoms with van der Waals surface area (Å²) in [7, 11) is -8.27. The molecule has 0 saturated heterocycles. The summed E-state index contributed by atoms with van der Waals surface area (Å²) in [6.45, 7) is -0.619. The smallest absolute Gasteiger partial charge is 0.402 e. The van der Waals surface area contributed by atoms with E-state index in [0.717, 1.165) is 36.3 Å². The maximum atomic E-state index is 13.6. The number of hydrogen-bond donors (Lipinski definition) is 0. The molecule has 0 spiro atoms. The van der Waals surface area contributed by atoms with E-state index in [2.05, 4.69) is 54.6 Å². The number of thioether (sulfide) groups is 1. The summed E-state index contributed by atoms with van der Waals surface area (Å²) in [6, 6.07) is 31.9. The molecule has 3 nitrogen and oxygen atoms in total. The lowest BCUT2D eigenvalue weighted by atomic mass is 10.0. The van der Waals surface area contributed by atoms with E-state index in [9.17, 15) is 48.1 Å². The van der Waals surface area contributed by atoms with E-state index in [1.807, 2.05) is 42.5 Å². The highest BCUT2D eigenvalue weighted by molar-refractivity contribution is 8.03. The van der Waals surface area contributed by atoms with E-state index in [-0.39, 0.29) is 11.6 Å². The van der Waals surface area contributed by atoms with Crippen LogP contribution in [0.25, 0.3) is 6.08 Å².